The van der Waals surface area contributed by atoms with E-state index >= 15 is 0 Å². The van der Waals surface area contributed by atoms with Crippen molar-refractivity contribution in [3.05, 3.63) is 60.6 Å². The average molecular weight is 687 g/mol. The summed E-state index contributed by atoms with van der Waals surface area (Å²) >= 11 is 0. The minimum absolute atomic E-state index is 0.0181. The molecule has 16 heteroatoms. The van der Waals surface area contributed by atoms with E-state index in [1.165, 1.54) is 11.2 Å². The molecule has 0 unspecified atom stereocenters. The average Bonchev–Trinajstić information content (AvgIpc) is 3.85. The van der Waals surface area contributed by atoms with Crippen molar-refractivity contribution >= 4 is 39.5 Å². The van der Waals surface area contributed by atoms with Gasteiger partial charge in [-0.1, -0.05) is 24.0 Å². The van der Waals surface area contributed by atoms with Crippen LogP contribution >= 0.6 is 0 Å². The lowest BCUT2D eigenvalue weighted by Gasteiger charge is -2.53. The van der Waals surface area contributed by atoms with Crippen molar-refractivity contribution in [2.24, 2.45) is 0 Å². The van der Waals surface area contributed by atoms with Crippen molar-refractivity contribution in [2.45, 2.75) is 56.5 Å². The van der Waals surface area contributed by atoms with Gasteiger partial charge in [0.1, 0.15) is 47.2 Å². The van der Waals surface area contributed by atoms with Gasteiger partial charge in [0.05, 0.1) is 39.0 Å². The quantitative estimate of drug-likeness (QED) is 0.235. The maximum Gasteiger partial charge on any atom is 0.326 e. The Morgan fingerprint density at radius 2 is 2.08 bits per heavy atom. The van der Waals surface area contributed by atoms with Crippen molar-refractivity contribution < 1.29 is 37.3 Å². The van der Waals surface area contributed by atoms with Crippen LogP contribution in [0.1, 0.15) is 37.6 Å². The van der Waals surface area contributed by atoms with Gasteiger partial charge in [0.15, 0.2) is 17.2 Å². The molecule has 1 spiro atoms. The molecule has 5 aromatic rings. The second-order valence-corrected chi connectivity index (χ2v) is 12.5. The number of nitrogens with zero attached hydrogens (tertiary/aromatic N) is 8. The molecule has 3 saturated heterocycles. The van der Waals surface area contributed by atoms with Gasteiger partial charge in [0, 0.05) is 36.5 Å². The number of halogens is 2. The lowest BCUT2D eigenvalue weighted by atomic mass is 9.90. The van der Waals surface area contributed by atoms with Gasteiger partial charge in [-0.05, 0) is 25.1 Å². The predicted octanol–water partition coefficient (Wildman–Crippen LogP) is 3.85. The summed E-state index contributed by atoms with van der Waals surface area (Å²) < 4.78 is 54.1. The third-order valence-electron chi connectivity index (χ3n) is 9.46. The van der Waals surface area contributed by atoms with Crippen LogP contribution < -0.4 is 14.5 Å². The summed E-state index contributed by atoms with van der Waals surface area (Å²) in [6, 6.07) is 7.58. The molecule has 4 aromatic heterocycles. The van der Waals surface area contributed by atoms with E-state index in [4.69, 9.17) is 18.6 Å². The van der Waals surface area contributed by atoms with E-state index in [-0.39, 0.29) is 35.9 Å². The molecule has 3 fully saturated rings. The summed E-state index contributed by atoms with van der Waals surface area (Å²) in [7, 11) is 0. The van der Waals surface area contributed by atoms with Gasteiger partial charge in [0.25, 0.3) is 6.43 Å². The number of alkyl halides is 2. The topological polar surface area (TPSA) is 154 Å². The first-order valence-corrected chi connectivity index (χ1v) is 16.2. The molecule has 3 atom stereocenters. The van der Waals surface area contributed by atoms with Crippen LogP contribution in [-0.4, -0.2) is 97.5 Å². The van der Waals surface area contributed by atoms with E-state index in [0.29, 0.717) is 67.4 Å². The van der Waals surface area contributed by atoms with Crippen LogP contribution in [0, 0.1) is 11.8 Å². The minimum Gasteiger partial charge on any atom is -0.480 e. The highest BCUT2D eigenvalue weighted by atomic mass is 19.3. The van der Waals surface area contributed by atoms with E-state index in [1.807, 2.05) is 6.07 Å². The van der Waals surface area contributed by atoms with Crippen LogP contribution in [0.5, 0.6) is 5.88 Å². The van der Waals surface area contributed by atoms with E-state index in [0.717, 1.165) is 0 Å². The number of benzene rings is 1. The number of aliphatic carboxylic acids is 1. The van der Waals surface area contributed by atoms with Crippen LogP contribution in [0.3, 0.4) is 0 Å². The van der Waals surface area contributed by atoms with Gasteiger partial charge in [-0.3, -0.25) is 4.68 Å². The normalized spacial score (nSPS) is 21.5. The fourth-order valence-corrected chi connectivity index (χ4v) is 6.79. The predicted molar refractivity (Wildman–Crippen MR) is 174 cm³/mol. The standard InChI is InChI=1S/C34H32F2N8O6/c1-20-34(16-47-17-34)48-11-10-43(20)24-12-21(6-4-5-9-42-19-37-18-39-42)14-38-32(24)49-22-13-25(33(45)46)44(15-22)31-28-27(40-30(41-31)29(35)36)23-7-2-3-8-26(23)50-28/h2-3,7-8,12,14,18-20,22,25,29H,5,9-11,13,15-17H2,1H3,(H,45,46)/t20-,22-,25-/m0/s1. The molecule has 0 amide bonds. The summed E-state index contributed by atoms with van der Waals surface area (Å²) in [5.41, 5.74) is 1.62. The van der Waals surface area contributed by atoms with Crippen LogP contribution in [0.2, 0.25) is 0 Å². The molecule has 258 valence electrons. The number of rotatable bonds is 8. The summed E-state index contributed by atoms with van der Waals surface area (Å²) in [5.74, 6) is 4.73. The molecular formula is C34H32F2N8O6. The van der Waals surface area contributed by atoms with Crippen LogP contribution in [-0.2, 0) is 20.8 Å². The van der Waals surface area contributed by atoms with Crippen LogP contribution in [0.25, 0.3) is 22.1 Å². The molecular weight excluding hydrogens is 654 g/mol. The Morgan fingerprint density at radius 1 is 1.22 bits per heavy atom. The number of aromatic nitrogens is 6. The molecule has 1 aromatic carbocycles. The second-order valence-electron chi connectivity index (χ2n) is 12.5. The molecule has 50 heavy (non-hydrogen) atoms. The van der Waals surface area contributed by atoms with Crippen molar-refractivity contribution in [1.29, 1.82) is 0 Å². The van der Waals surface area contributed by atoms with Crippen LogP contribution in [0.15, 0.2) is 53.6 Å². The van der Waals surface area contributed by atoms with Crippen molar-refractivity contribution in [1.82, 2.24) is 29.7 Å². The Morgan fingerprint density at radius 3 is 2.84 bits per heavy atom. The molecule has 7 heterocycles. The number of hydrogen-bond acceptors (Lipinski definition) is 12. The van der Waals surface area contributed by atoms with Gasteiger partial charge >= 0.3 is 5.97 Å². The Labute approximate surface area is 284 Å². The molecule has 8 rings (SSSR count). The Kier molecular flexibility index (Phi) is 8.16. The van der Waals surface area contributed by atoms with Crippen molar-refractivity contribution in [3.63, 3.8) is 0 Å². The van der Waals surface area contributed by atoms with E-state index in [1.54, 1.807) is 41.5 Å². The Bertz CT molecular complexity index is 2110. The smallest absolute Gasteiger partial charge is 0.326 e. The maximum absolute atomic E-state index is 14.1. The molecule has 3 aliphatic heterocycles. The second kappa shape index (κ2) is 12.8. The number of anilines is 2. The summed E-state index contributed by atoms with van der Waals surface area (Å²) in [6.45, 7) is 4.62. The lowest BCUT2D eigenvalue weighted by molar-refractivity contribution is -0.228. The highest BCUT2D eigenvalue weighted by Crippen LogP contribution is 2.41. The SMILES string of the molecule is C[C@@H]1N(c2cc(C#CCCn3cncn3)cnc2O[C@H]2C[C@@H](C(=O)O)N(c3nc(C(F)F)nc4c3oc3ccccc34)C2)CCOC12COC2. The lowest BCUT2D eigenvalue weighted by Crippen LogP contribution is -2.68. The minimum atomic E-state index is -2.99. The van der Waals surface area contributed by atoms with Gasteiger partial charge in [-0.25, -0.2) is 33.5 Å². The number of morpholine rings is 1. The van der Waals surface area contributed by atoms with Gasteiger partial charge in [0.2, 0.25) is 5.88 Å². The van der Waals surface area contributed by atoms with Gasteiger partial charge in [-0.2, -0.15) is 5.10 Å². The summed E-state index contributed by atoms with van der Waals surface area (Å²) in [6.07, 6.45) is 1.63. The molecule has 14 nitrogen and oxygen atoms in total. The Hall–Kier alpha value is -5.40. The summed E-state index contributed by atoms with van der Waals surface area (Å²) in [5, 5.41) is 14.9. The number of pyridine rings is 1. The number of fused-ring (bicyclic) bond motifs is 3. The zero-order valence-electron chi connectivity index (χ0n) is 26.9. The third kappa shape index (κ3) is 5.71. The number of hydrogen-bond donors (Lipinski definition) is 1. The van der Waals surface area contributed by atoms with Crippen LogP contribution in [0.4, 0.5) is 20.3 Å². The molecule has 0 aliphatic carbocycles. The largest absolute Gasteiger partial charge is 0.480 e. The molecule has 0 saturated carbocycles. The van der Waals surface area contributed by atoms with Crippen molar-refractivity contribution in [3.8, 4) is 17.7 Å². The number of carboxylic acid groups (broad SMARTS) is 1. The molecule has 1 N–H and O–H groups in total. The Balaban J connectivity index is 1.12. The number of carboxylic acids is 1. The number of furan rings is 1. The fraction of sp³-hybridized carbons (Fsp3) is 0.412. The fourth-order valence-electron chi connectivity index (χ4n) is 6.79. The number of carbonyl (C=O) groups is 1. The first kappa shape index (κ1) is 31.8. The van der Waals surface area contributed by atoms with E-state index < -0.39 is 36.0 Å². The van der Waals surface area contributed by atoms with E-state index in [9.17, 15) is 18.7 Å². The highest BCUT2D eigenvalue weighted by molar-refractivity contribution is 6.06. The van der Waals surface area contributed by atoms with Crippen molar-refractivity contribution in [2.75, 3.05) is 42.7 Å². The zero-order chi connectivity index (χ0) is 34.4. The highest BCUT2D eigenvalue weighted by Gasteiger charge is 2.50. The monoisotopic (exact) mass is 686 g/mol. The van der Waals surface area contributed by atoms with E-state index in [2.05, 4.69) is 48.7 Å². The van der Waals surface area contributed by atoms with Gasteiger partial charge < -0.3 is 33.5 Å². The zero-order valence-corrected chi connectivity index (χ0v) is 26.9. The molecule has 0 bridgehead atoms. The number of aryl methyl sites for hydroxylation is 1. The first-order chi connectivity index (χ1) is 24.3. The first-order valence-electron chi connectivity index (χ1n) is 16.2. The number of para-hydroxylation sites is 1. The summed E-state index contributed by atoms with van der Waals surface area (Å²) in [4.78, 5) is 33.1. The number of ether oxygens (including phenoxy) is 3. The maximum atomic E-state index is 14.1. The third-order valence-corrected chi connectivity index (χ3v) is 9.46. The van der Waals surface area contributed by atoms with Gasteiger partial charge in [-0.15, -0.1) is 0 Å². The molecule has 0 radical (unpaired) electrons. The molecule has 3 aliphatic rings.